The van der Waals surface area contributed by atoms with Gasteiger partial charge in [0.05, 0.1) is 5.88 Å². The van der Waals surface area contributed by atoms with E-state index in [2.05, 4.69) is 29.7 Å². The van der Waals surface area contributed by atoms with Crippen LogP contribution in [0, 0.1) is 0 Å². The third-order valence-corrected chi connectivity index (χ3v) is 6.31. The molecule has 0 spiro atoms. The molecule has 3 aromatic rings. The first kappa shape index (κ1) is 21.0. The van der Waals surface area contributed by atoms with Crippen molar-refractivity contribution in [2.75, 3.05) is 22.3 Å². The first-order valence-corrected chi connectivity index (χ1v) is 11.4. The van der Waals surface area contributed by atoms with Gasteiger partial charge in [0, 0.05) is 28.7 Å². The van der Waals surface area contributed by atoms with Crippen molar-refractivity contribution in [3.63, 3.8) is 0 Å². The van der Waals surface area contributed by atoms with Crippen molar-refractivity contribution < 1.29 is 9.59 Å². The lowest BCUT2D eigenvalue weighted by atomic mass is 10.1. The van der Waals surface area contributed by atoms with Crippen LogP contribution in [0.2, 0.25) is 0 Å². The average Bonchev–Trinajstić information content (AvgIpc) is 3.31. The van der Waals surface area contributed by atoms with E-state index in [0.717, 1.165) is 5.69 Å². The van der Waals surface area contributed by atoms with Gasteiger partial charge in [-0.1, -0.05) is 48.5 Å². The molecule has 31 heavy (non-hydrogen) atoms. The molecule has 5 nitrogen and oxygen atoms in total. The monoisotopic (exact) mass is 431 g/mol. The zero-order valence-electron chi connectivity index (χ0n) is 17.3. The third-order valence-electron chi connectivity index (χ3n) is 5.30. The number of nitrogens with zero attached hydrogens (tertiary/aromatic N) is 1. The first-order valence-electron chi connectivity index (χ1n) is 10.3. The van der Waals surface area contributed by atoms with E-state index in [1.165, 1.54) is 5.56 Å². The maximum atomic E-state index is 12.9. The van der Waals surface area contributed by atoms with E-state index in [9.17, 15) is 9.59 Å². The predicted molar refractivity (Wildman–Crippen MR) is 127 cm³/mol. The summed E-state index contributed by atoms with van der Waals surface area (Å²) in [6, 6.07) is 26.7. The number of carbonyl (C=O) groups excluding carboxylic acids is 2. The van der Waals surface area contributed by atoms with Crippen LogP contribution in [0.3, 0.4) is 0 Å². The largest absolute Gasteiger partial charge is 0.379 e. The number of rotatable bonds is 6. The summed E-state index contributed by atoms with van der Waals surface area (Å²) in [5.74, 6) is 0.845. The first-order chi connectivity index (χ1) is 15.1. The number of hydrogen-bond acceptors (Lipinski definition) is 4. The second kappa shape index (κ2) is 9.71. The Labute approximate surface area is 186 Å². The van der Waals surface area contributed by atoms with Crippen molar-refractivity contribution >= 4 is 35.0 Å². The molecule has 158 valence electrons. The molecule has 0 saturated carbocycles. The smallest absolute Gasteiger partial charge is 0.255 e. The summed E-state index contributed by atoms with van der Waals surface area (Å²) in [7, 11) is 0. The molecule has 1 aliphatic heterocycles. The minimum atomic E-state index is -0.478. The van der Waals surface area contributed by atoms with Crippen molar-refractivity contribution in [2.24, 2.45) is 0 Å². The van der Waals surface area contributed by atoms with Gasteiger partial charge in [-0.05, 0) is 48.9 Å². The highest BCUT2D eigenvalue weighted by atomic mass is 32.2. The van der Waals surface area contributed by atoms with Crippen molar-refractivity contribution in [2.45, 2.75) is 19.0 Å². The van der Waals surface area contributed by atoms with Gasteiger partial charge < -0.3 is 15.5 Å². The summed E-state index contributed by atoms with van der Waals surface area (Å²) < 4.78 is 0. The van der Waals surface area contributed by atoms with E-state index in [-0.39, 0.29) is 17.9 Å². The van der Waals surface area contributed by atoms with E-state index in [1.807, 2.05) is 60.7 Å². The number of anilines is 2. The molecule has 0 unspecified atom stereocenters. The van der Waals surface area contributed by atoms with Gasteiger partial charge in [0.2, 0.25) is 5.91 Å². The fraction of sp³-hybridized carbons (Fsp3) is 0.200. The predicted octanol–water partition coefficient (Wildman–Crippen LogP) is 5.01. The summed E-state index contributed by atoms with van der Waals surface area (Å²) in [4.78, 5) is 27.3. The highest BCUT2D eigenvalue weighted by molar-refractivity contribution is 7.99. The van der Waals surface area contributed by atoms with Crippen LogP contribution in [0.5, 0.6) is 0 Å². The SMILES string of the molecule is C[C@H](Nc1ccc(NC(=O)[C@H]2CSCN2C(=O)c2ccccc2)cc1)c1ccccc1. The van der Waals surface area contributed by atoms with E-state index < -0.39 is 6.04 Å². The molecule has 2 atom stereocenters. The molecule has 1 heterocycles. The fourth-order valence-corrected chi connectivity index (χ4v) is 4.71. The van der Waals surface area contributed by atoms with Crippen molar-refractivity contribution in [1.29, 1.82) is 0 Å². The minimum Gasteiger partial charge on any atom is -0.379 e. The van der Waals surface area contributed by atoms with Crippen molar-refractivity contribution in [3.8, 4) is 0 Å². The Morgan fingerprint density at radius 1 is 0.903 bits per heavy atom. The zero-order valence-corrected chi connectivity index (χ0v) is 18.1. The van der Waals surface area contributed by atoms with Crippen LogP contribution in [0.15, 0.2) is 84.9 Å². The van der Waals surface area contributed by atoms with Crippen LogP contribution in [0.1, 0.15) is 28.9 Å². The number of hydrogen-bond donors (Lipinski definition) is 2. The van der Waals surface area contributed by atoms with Crippen LogP contribution in [-0.2, 0) is 4.79 Å². The van der Waals surface area contributed by atoms with Gasteiger partial charge >= 0.3 is 0 Å². The van der Waals surface area contributed by atoms with Crippen molar-refractivity contribution in [1.82, 2.24) is 4.90 Å². The number of carbonyl (C=O) groups is 2. The van der Waals surface area contributed by atoms with Crippen LogP contribution in [0.4, 0.5) is 11.4 Å². The molecule has 0 aromatic heterocycles. The summed E-state index contributed by atoms with van der Waals surface area (Å²) in [6.45, 7) is 2.11. The highest BCUT2D eigenvalue weighted by Crippen LogP contribution is 2.25. The molecule has 0 bridgehead atoms. The second-order valence-corrected chi connectivity index (χ2v) is 8.50. The lowest BCUT2D eigenvalue weighted by molar-refractivity contribution is -0.119. The molecule has 2 N–H and O–H groups in total. The molecule has 6 heteroatoms. The molecular formula is C25H25N3O2S. The number of nitrogens with one attached hydrogen (secondary N) is 2. The Bertz CT molecular complexity index is 1030. The third kappa shape index (κ3) is 5.09. The lowest BCUT2D eigenvalue weighted by Crippen LogP contribution is -2.44. The summed E-state index contributed by atoms with van der Waals surface area (Å²) in [5, 5.41) is 6.42. The summed E-state index contributed by atoms with van der Waals surface area (Å²) in [5.41, 5.74) is 3.51. The average molecular weight is 432 g/mol. The molecule has 2 amide bonds. The normalized spacial score (nSPS) is 16.5. The van der Waals surface area contributed by atoms with Crippen LogP contribution in [0.25, 0.3) is 0 Å². The Hall–Kier alpha value is -3.25. The molecular weight excluding hydrogens is 406 g/mol. The molecule has 4 rings (SSSR count). The maximum Gasteiger partial charge on any atom is 0.255 e. The lowest BCUT2D eigenvalue weighted by Gasteiger charge is -2.23. The van der Waals surface area contributed by atoms with Crippen LogP contribution >= 0.6 is 11.8 Å². The Morgan fingerprint density at radius 2 is 1.52 bits per heavy atom. The number of benzene rings is 3. The van der Waals surface area contributed by atoms with E-state index in [1.54, 1.807) is 28.8 Å². The van der Waals surface area contributed by atoms with Crippen molar-refractivity contribution in [3.05, 3.63) is 96.1 Å². The Balaban J connectivity index is 1.37. The fourth-order valence-electron chi connectivity index (χ4n) is 3.56. The molecule has 0 radical (unpaired) electrons. The van der Waals surface area contributed by atoms with Gasteiger partial charge in [-0.15, -0.1) is 11.8 Å². The topological polar surface area (TPSA) is 61.4 Å². The standard InChI is InChI=1S/C25H25N3O2S/c1-18(19-8-4-2-5-9-19)26-21-12-14-22(15-13-21)27-24(29)23-16-31-17-28(23)25(30)20-10-6-3-7-11-20/h2-15,18,23,26H,16-17H2,1H3,(H,27,29)/t18-,23+/m0/s1. The van der Waals surface area contributed by atoms with Crippen LogP contribution in [-0.4, -0.2) is 34.4 Å². The summed E-state index contributed by atoms with van der Waals surface area (Å²) >= 11 is 1.59. The quantitative estimate of drug-likeness (QED) is 0.576. The second-order valence-electron chi connectivity index (χ2n) is 7.50. The van der Waals surface area contributed by atoms with Gasteiger partial charge in [-0.3, -0.25) is 9.59 Å². The number of amides is 2. The van der Waals surface area contributed by atoms with E-state index in [4.69, 9.17) is 0 Å². The molecule has 3 aromatic carbocycles. The molecule has 1 aliphatic rings. The van der Waals surface area contributed by atoms with Gasteiger partial charge in [0.1, 0.15) is 6.04 Å². The van der Waals surface area contributed by atoms with E-state index in [0.29, 0.717) is 22.9 Å². The molecule has 0 aliphatic carbocycles. The van der Waals surface area contributed by atoms with E-state index >= 15 is 0 Å². The van der Waals surface area contributed by atoms with Crippen LogP contribution < -0.4 is 10.6 Å². The zero-order chi connectivity index (χ0) is 21.6. The van der Waals surface area contributed by atoms with Gasteiger partial charge in [0.15, 0.2) is 0 Å². The maximum absolute atomic E-state index is 12.9. The molecule has 1 saturated heterocycles. The minimum absolute atomic E-state index is 0.111. The Morgan fingerprint density at radius 3 is 2.19 bits per heavy atom. The van der Waals surface area contributed by atoms with Gasteiger partial charge in [0.25, 0.3) is 5.91 Å². The summed E-state index contributed by atoms with van der Waals surface area (Å²) in [6.07, 6.45) is 0. The molecule has 1 fully saturated rings. The van der Waals surface area contributed by atoms with Gasteiger partial charge in [-0.2, -0.15) is 0 Å². The highest BCUT2D eigenvalue weighted by Gasteiger charge is 2.35. The van der Waals surface area contributed by atoms with Gasteiger partial charge in [-0.25, -0.2) is 0 Å². The number of thioether (sulfide) groups is 1. The Kier molecular flexibility index (Phi) is 6.57.